The number of nitrogens with zero attached hydrogens (tertiary/aromatic N) is 3. The quantitative estimate of drug-likeness (QED) is 0.249. The fourth-order valence-electron chi connectivity index (χ4n) is 5.53. The number of carbonyl (C=O) groups is 1. The van der Waals surface area contributed by atoms with Gasteiger partial charge in [0.05, 0.1) is 4.90 Å². The standard InChI is InChI=1S/C32H40N6O4S/c39-31(40)30(36-43(41,42)29-10-5-2-6-11-29)23-33-22-25-12-14-27(15-13-25)37-20-16-28(17-21-37)38(32-34-18-7-19-35-32)24-26-8-3-1-4-9-26/h1-6,8-15,28,30,33,36H,7,16-24H2,(H,34,35)(H,39,40)/t30-/m0/s1. The van der Waals surface area contributed by atoms with E-state index < -0.39 is 22.0 Å². The third-order valence-electron chi connectivity index (χ3n) is 7.88. The summed E-state index contributed by atoms with van der Waals surface area (Å²) in [5, 5.41) is 16.2. The van der Waals surface area contributed by atoms with Crippen molar-refractivity contribution in [3.63, 3.8) is 0 Å². The Morgan fingerprint density at radius 3 is 2.28 bits per heavy atom. The molecule has 43 heavy (non-hydrogen) atoms. The smallest absolute Gasteiger partial charge is 0.323 e. The maximum Gasteiger partial charge on any atom is 0.323 e. The van der Waals surface area contributed by atoms with Crippen molar-refractivity contribution in [1.82, 2.24) is 20.3 Å². The molecule has 0 aliphatic carbocycles. The average molecular weight is 605 g/mol. The summed E-state index contributed by atoms with van der Waals surface area (Å²) in [6.45, 7) is 4.94. The topological polar surface area (TPSA) is 126 Å². The molecule has 11 heteroatoms. The second-order valence-corrected chi connectivity index (χ2v) is 12.7. The first-order valence-corrected chi connectivity index (χ1v) is 16.3. The summed E-state index contributed by atoms with van der Waals surface area (Å²) in [7, 11) is -3.94. The molecule has 2 aliphatic heterocycles. The average Bonchev–Trinajstić information content (AvgIpc) is 3.05. The summed E-state index contributed by atoms with van der Waals surface area (Å²) in [5.74, 6) is -0.220. The Morgan fingerprint density at radius 2 is 1.65 bits per heavy atom. The van der Waals surface area contributed by atoms with Gasteiger partial charge in [-0.15, -0.1) is 0 Å². The zero-order chi connectivity index (χ0) is 30.1. The summed E-state index contributed by atoms with van der Waals surface area (Å²) < 4.78 is 27.4. The zero-order valence-corrected chi connectivity index (χ0v) is 25.0. The second kappa shape index (κ2) is 14.5. The van der Waals surface area contributed by atoms with E-state index in [-0.39, 0.29) is 11.4 Å². The minimum absolute atomic E-state index is 0.0317. The third-order valence-corrected chi connectivity index (χ3v) is 9.37. The van der Waals surface area contributed by atoms with E-state index in [9.17, 15) is 18.3 Å². The molecule has 0 bridgehead atoms. The highest BCUT2D eigenvalue weighted by Gasteiger charge is 2.28. The molecular formula is C32H40N6O4S. The van der Waals surface area contributed by atoms with Crippen molar-refractivity contribution in [2.24, 2.45) is 4.99 Å². The van der Waals surface area contributed by atoms with Crippen LogP contribution in [-0.4, -0.2) is 75.2 Å². The largest absolute Gasteiger partial charge is 0.480 e. The molecule has 228 valence electrons. The summed E-state index contributed by atoms with van der Waals surface area (Å²) in [4.78, 5) is 21.4. The molecule has 0 saturated carbocycles. The van der Waals surface area contributed by atoms with Crippen molar-refractivity contribution in [2.45, 2.75) is 49.3 Å². The molecule has 4 N–H and O–H groups in total. The van der Waals surface area contributed by atoms with Crippen LogP contribution in [0.3, 0.4) is 0 Å². The van der Waals surface area contributed by atoms with Crippen molar-refractivity contribution in [3.8, 4) is 0 Å². The minimum atomic E-state index is -3.94. The monoisotopic (exact) mass is 604 g/mol. The molecular weight excluding hydrogens is 564 g/mol. The van der Waals surface area contributed by atoms with Crippen LogP contribution in [0, 0.1) is 0 Å². The van der Waals surface area contributed by atoms with Crippen LogP contribution < -0.4 is 20.3 Å². The molecule has 2 heterocycles. The van der Waals surface area contributed by atoms with Crippen LogP contribution in [-0.2, 0) is 27.9 Å². The number of piperidine rings is 1. The van der Waals surface area contributed by atoms with Crippen LogP contribution >= 0.6 is 0 Å². The van der Waals surface area contributed by atoms with Crippen molar-refractivity contribution in [2.75, 3.05) is 37.6 Å². The molecule has 0 amide bonds. The summed E-state index contributed by atoms with van der Waals surface area (Å²) in [5.41, 5.74) is 3.43. The van der Waals surface area contributed by atoms with Gasteiger partial charge in [-0.25, -0.2) is 8.42 Å². The van der Waals surface area contributed by atoms with E-state index in [1.54, 1.807) is 18.2 Å². The Hall–Kier alpha value is -3.93. The van der Waals surface area contributed by atoms with Gasteiger partial charge in [-0.1, -0.05) is 60.7 Å². The van der Waals surface area contributed by atoms with Gasteiger partial charge in [0.15, 0.2) is 5.96 Å². The van der Waals surface area contributed by atoms with Crippen LogP contribution in [0.25, 0.3) is 0 Å². The number of guanidine groups is 1. The predicted octanol–water partition coefficient (Wildman–Crippen LogP) is 3.03. The van der Waals surface area contributed by atoms with E-state index in [2.05, 4.69) is 61.6 Å². The second-order valence-electron chi connectivity index (χ2n) is 10.9. The third kappa shape index (κ3) is 8.34. The van der Waals surface area contributed by atoms with Gasteiger partial charge in [0.2, 0.25) is 10.0 Å². The normalized spacial score (nSPS) is 16.7. The number of hydrogen-bond donors (Lipinski definition) is 4. The molecule has 0 unspecified atom stereocenters. The Morgan fingerprint density at radius 1 is 0.977 bits per heavy atom. The Balaban J connectivity index is 1.13. The fourth-order valence-corrected chi connectivity index (χ4v) is 6.74. The number of rotatable bonds is 12. The molecule has 2 aliphatic rings. The van der Waals surface area contributed by atoms with Gasteiger partial charge in [-0.05, 0) is 54.7 Å². The van der Waals surface area contributed by atoms with Crippen molar-refractivity contribution < 1.29 is 18.3 Å². The molecule has 0 aromatic heterocycles. The number of sulfonamides is 1. The van der Waals surface area contributed by atoms with Crippen molar-refractivity contribution in [1.29, 1.82) is 0 Å². The molecule has 1 atom stereocenters. The summed E-state index contributed by atoms with van der Waals surface area (Å²) in [6.07, 6.45) is 3.14. The first kappa shape index (κ1) is 30.5. The van der Waals surface area contributed by atoms with Crippen LogP contribution in [0.2, 0.25) is 0 Å². The number of nitrogens with one attached hydrogen (secondary N) is 3. The maximum absolute atomic E-state index is 12.6. The number of benzene rings is 3. The first-order chi connectivity index (χ1) is 20.9. The van der Waals surface area contributed by atoms with Gasteiger partial charge < -0.3 is 25.5 Å². The van der Waals surface area contributed by atoms with Gasteiger partial charge in [-0.2, -0.15) is 4.72 Å². The number of carboxylic acids is 1. The van der Waals surface area contributed by atoms with E-state index in [1.807, 2.05) is 18.2 Å². The van der Waals surface area contributed by atoms with E-state index in [1.165, 1.54) is 17.7 Å². The van der Waals surface area contributed by atoms with Gasteiger partial charge >= 0.3 is 5.97 Å². The molecule has 10 nitrogen and oxygen atoms in total. The highest BCUT2D eigenvalue weighted by atomic mass is 32.2. The summed E-state index contributed by atoms with van der Waals surface area (Å²) >= 11 is 0. The number of anilines is 1. The van der Waals surface area contributed by atoms with Crippen molar-refractivity contribution >= 4 is 27.6 Å². The zero-order valence-electron chi connectivity index (χ0n) is 24.2. The Labute approximate surface area is 253 Å². The predicted molar refractivity (Wildman–Crippen MR) is 168 cm³/mol. The van der Waals surface area contributed by atoms with E-state index in [0.717, 1.165) is 69.2 Å². The van der Waals surface area contributed by atoms with Crippen molar-refractivity contribution in [3.05, 3.63) is 96.1 Å². The molecule has 0 spiro atoms. The fraction of sp³-hybridized carbons (Fsp3) is 0.375. The van der Waals surface area contributed by atoms with E-state index >= 15 is 0 Å². The van der Waals surface area contributed by atoms with Crippen LogP contribution in [0.1, 0.15) is 30.4 Å². The Bertz CT molecular complexity index is 1460. The highest BCUT2D eigenvalue weighted by molar-refractivity contribution is 7.89. The SMILES string of the molecule is O=C(O)[C@H](CNCc1ccc(N2CCC(N(Cc3ccccc3)C3=NCCCN3)CC2)cc1)NS(=O)(=O)c1ccccc1. The molecule has 1 saturated heterocycles. The van der Waals surface area contributed by atoms with Gasteiger partial charge in [0.1, 0.15) is 6.04 Å². The van der Waals surface area contributed by atoms with E-state index in [0.29, 0.717) is 12.6 Å². The van der Waals surface area contributed by atoms with Crippen LogP contribution in [0.15, 0.2) is 94.8 Å². The lowest BCUT2D eigenvalue weighted by Crippen LogP contribution is -2.52. The molecule has 3 aromatic rings. The number of aliphatic carboxylic acids is 1. The van der Waals surface area contributed by atoms with Crippen LogP contribution in [0.4, 0.5) is 5.69 Å². The minimum Gasteiger partial charge on any atom is -0.480 e. The number of carboxylic acid groups (broad SMARTS) is 1. The molecule has 1 fully saturated rings. The lowest BCUT2D eigenvalue weighted by Gasteiger charge is -2.41. The van der Waals surface area contributed by atoms with E-state index in [4.69, 9.17) is 4.99 Å². The van der Waals surface area contributed by atoms with Crippen LogP contribution in [0.5, 0.6) is 0 Å². The lowest BCUT2D eigenvalue weighted by molar-refractivity contribution is -0.138. The van der Waals surface area contributed by atoms with Gasteiger partial charge in [0, 0.05) is 57.5 Å². The summed E-state index contributed by atoms with van der Waals surface area (Å²) in [6, 6.07) is 25.7. The molecule has 3 aromatic carbocycles. The molecule has 0 radical (unpaired) electrons. The number of aliphatic imine (C=N–C) groups is 1. The van der Waals surface area contributed by atoms with Gasteiger partial charge in [-0.3, -0.25) is 9.79 Å². The maximum atomic E-state index is 12.6. The lowest BCUT2D eigenvalue weighted by atomic mass is 10.0. The van der Waals surface area contributed by atoms with Gasteiger partial charge in [0.25, 0.3) is 0 Å². The Kier molecular flexibility index (Phi) is 10.3. The first-order valence-electron chi connectivity index (χ1n) is 14.8. The number of hydrogen-bond acceptors (Lipinski definition) is 8. The molecule has 5 rings (SSSR count). The highest BCUT2D eigenvalue weighted by Crippen LogP contribution is 2.25.